The van der Waals surface area contributed by atoms with Gasteiger partial charge >= 0.3 is 5.97 Å². The molecule has 10 heteroatoms. The molecule has 0 saturated carbocycles. The number of nitrogens with one attached hydrogen (secondary N) is 1. The number of para-hydroxylation sites is 1. The minimum absolute atomic E-state index is 0.129. The Morgan fingerprint density at radius 1 is 1.14 bits per heavy atom. The van der Waals surface area contributed by atoms with Crippen LogP contribution in [0, 0.1) is 0 Å². The summed E-state index contributed by atoms with van der Waals surface area (Å²) in [7, 11) is 0. The van der Waals surface area contributed by atoms with Crippen LogP contribution in [0.25, 0.3) is 28.0 Å². The third-order valence-corrected chi connectivity index (χ3v) is 5.91. The molecule has 0 fully saturated rings. The number of hydrogen-bond donors (Lipinski definition) is 2. The van der Waals surface area contributed by atoms with Crippen LogP contribution in [0.15, 0.2) is 64.3 Å². The summed E-state index contributed by atoms with van der Waals surface area (Å²) >= 11 is 0. The van der Waals surface area contributed by atoms with Crippen molar-refractivity contribution in [2.45, 2.75) is 39.0 Å². The fourth-order valence-corrected chi connectivity index (χ4v) is 3.96. The Morgan fingerprint density at radius 2 is 1.95 bits per heavy atom. The van der Waals surface area contributed by atoms with Gasteiger partial charge in [0.25, 0.3) is 5.91 Å². The lowest BCUT2D eigenvalue weighted by Crippen LogP contribution is -2.29. The summed E-state index contributed by atoms with van der Waals surface area (Å²) in [6.07, 6.45) is 5.62. The number of benzene rings is 2. The molecule has 0 bridgehead atoms. The van der Waals surface area contributed by atoms with Gasteiger partial charge in [-0.25, -0.2) is 0 Å². The van der Waals surface area contributed by atoms with E-state index in [1.54, 1.807) is 23.0 Å². The molecule has 2 aromatic heterocycles. The molecule has 0 unspecified atom stereocenters. The molecule has 10 nitrogen and oxygen atoms in total. The van der Waals surface area contributed by atoms with E-state index in [1.165, 1.54) is 6.26 Å². The second-order valence-electron chi connectivity index (χ2n) is 8.49. The van der Waals surface area contributed by atoms with Gasteiger partial charge < -0.3 is 19.6 Å². The number of aliphatic carboxylic acids is 1. The van der Waals surface area contributed by atoms with Crippen molar-refractivity contribution in [2.24, 2.45) is 0 Å². The van der Waals surface area contributed by atoms with Crippen molar-refractivity contribution in [1.29, 1.82) is 0 Å². The van der Waals surface area contributed by atoms with Crippen LogP contribution < -0.4 is 15.5 Å². The topological polar surface area (TPSA) is 137 Å². The SMILES string of the molecule is CCc1cc2c(=O)c(-c3nncn3-c3ccccc3)coc2cc1OCC(=O)NCCCCCC(=O)O. The highest BCUT2D eigenvalue weighted by molar-refractivity contribution is 5.83. The van der Waals surface area contributed by atoms with Gasteiger partial charge in [-0.2, -0.15) is 0 Å². The zero-order valence-electron chi connectivity index (χ0n) is 20.5. The number of aromatic nitrogens is 3. The number of carboxylic acid groups (broad SMARTS) is 1. The highest BCUT2D eigenvalue weighted by atomic mass is 16.5. The summed E-state index contributed by atoms with van der Waals surface area (Å²) in [5, 5.41) is 19.9. The molecule has 2 heterocycles. The third kappa shape index (κ3) is 6.21. The Balaban J connectivity index is 1.48. The van der Waals surface area contributed by atoms with E-state index in [0.717, 1.165) is 17.7 Å². The molecule has 1 amide bonds. The Morgan fingerprint density at radius 3 is 2.70 bits per heavy atom. The lowest BCUT2D eigenvalue weighted by atomic mass is 10.1. The normalized spacial score (nSPS) is 10.9. The number of unbranched alkanes of at least 4 members (excludes halogenated alkanes) is 2. The number of fused-ring (bicyclic) bond motifs is 1. The predicted octanol–water partition coefficient (Wildman–Crippen LogP) is 3.74. The minimum Gasteiger partial charge on any atom is -0.483 e. The Kier molecular flexibility index (Phi) is 8.29. The summed E-state index contributed by atoms with van der Waals surface area (Å²) in [5.41, 5.74) is 1.97. The molecule has 0 atom stereocenters. The van der Waals surface area contributed by atoms with E-state index < -0.39 is 5.97 Å². The molecule has 4 aromatic rings. The predicted molar refractivity (Wildman–Crippen MR) is 137 cm³/mol. The molecule has 2 aromatic carbocycles. The zero-order chi connectivity index (χ0) is 26.2. The second kappa shape index (κ2) is 12.0. The Labute approximate surface area is 212 Å². The van der Waals surface area contributed by atoms with Crippen molar-refractivity contribution in [3.05, 3.63) is 70.8 Å². The van der Waals surface area contributed by atoms with Gasteiger partial charge in [-0.15, -0.1) is 10.2 Å². The van der Waals surface area contributed by atoms with Crippen LogP contribution in [0.4, 0.5) is 0 Å². The lowest BCUT2D eigenvalue weighted by molar-refractivity contribution is -0.137. The molecule has 37 heavy (non-hydrogen) atoms. The van der Waals surface area contributed by atoms with Crippen LogP contribution in [0.5, 0.6) is 5.75 Å². The van der Waals surface area contributed by atoms with E-state index in [1.807, 2.05) is 37.3 Å². The molecule has 0 spiro atoms. The second-order valence-corrected chi connectivity index (χ2v) is 8.49. The van der Waals surface area contributed by atoms with E-state index in [2.05, 4.69) is 15.5 Å². The van der Waals surface area contributed by atoms with Crippen molar-refractivity contribution in [3.8, 4) is 22.8 Å². The first-order valence-corrected chi connectivity index (χ1v) is 12.1. The maximum Gasteiger partial charge on any atom is 0.303 e. The van der Waals surface area contributed by atoms with Gasteiger partial charge in [-0.05, 0) is 43.0 Å². The maximum atomic E-state index is 13.4. The van der Waals surface area contributed by atoms with Crippen molar-refractivity contribution < 1.29 is 23.8 Å². The van der Waals surface area contributed by atoms with Gasteiger partial charge in [0, 0.05) is 24.7 Å². The largest absolute Gasteiger partial charge is 0.483 e. The number of amides is 1. The Bertz CT molecular complexity index is 1440. The number of hydrogen-bond acceptors (Lipinski definition) is 7. The number of nitrogens with zero attached hydrogens (tertiary/aromatic N) is 3. The van der Waals surface area contributed by atoms with Gasteiger partial charge in [0.15, 0.2) is 12.4 Å². The average molecular weight is 505 g/mol. The van der Waals surface area contributed by atoms with Gasteiger partial charge in [-0.1, -0.05) is 31.5 Å². The van der Waals surface area contributed by atoms with Crippen molar-refractivity contribution in [1.82, 2.24) is 20.1 Å². The monoisotopic (exact) mass is 504 g/mol. The van der Waals surface area contributed by atoms with Gasteiger partial charge in [0.05, 0.1) is 5.39 Å². The van der Waals surface area contributed by atoms with Gasteiger partial charge in [0.1, 0.15) is 29.5 Å². The molecule has 0 saturated heterocycles. The number of rotatable bonds is 12. The van der Waals surface area contributed by atoms with Crippen LogP contribution in [-0.2, 0) is 16.0 Å². The minimum atomic E-state index is -0.818. The number of ether oxygens (including phenoxy) is 1. The van der Waals surface area contributed by atoms with Crippen LogP contribution in [0.3, 0.4) is 0 Å². The van der Waals surface area contributed by atoms with Crippen LogP contribution >= 0.6 is 0 Å². The summed E-state index contributed by atoms with van der Waals surface area (Å²) in [5.74, 6) is -0.255. The first-order chi connectivity index (χ1) is 18.0. The quantitative estimate of drug-likeness (QED) is 0.278. The summed E-state index contributed by atoms with van der Waals surface area (Å²) in [6, 6.07) is 12.8. The van der Waals surface area contributed by atoms with Crippen molar-refractivity contribution in [3.63, 3.8) is 0 Å². The van der Waals surface area contributed by atoms with Crippen molar-refractivity contribution >= 4 is 22.8 Å². The number of carbonyl (C=O) groups excluding carboxylic acids is 1. The fraction of sp³-hybridized carbons (Fsp3) is 0.296. The Hall–Kier alpha value is -4.47. The highest BCUT2D eigenvalue weighted by Crippen LogP contribution is 2.27. The molecule has 2 N–H and O–H groups in total. The van der Waals surface area contributed by atoms with E-state index in [0.29, 0.717) is 48.4 Å². The van der Waals surface area contributed by atoms with Crippen LogP contribution in [0.2, 0.25) is 0 Å². The first kappa shape index (κ1) is 25.6. The standard InChI is InChI=1S/C27H28N4O6/c1-2-18-13-20-23(14-22(18)37-16-24(32)28-12-8-4-7-11-25(33)34)36-15-21(26(20)35)27-30-29-17-31(27)19-9-5-3-6-10-19/h3,5-6,9-10,13-15,17H,2,4,7-8,11-12,16H2,1H3,(H,28,32)(H,33,34). The lowest BCUT2D eigenvalue weighted by Gasteiger charge is -2.12. The molecule has 192 valence electrons. The molecule has 0 radical (unpaired) electrons. The molecule has 4 rings (SSSR count). The fourth-order valence-electron chi connectivity index (χ4n) is 3.96. The highest BCUT2D eigenvalue weighted by Gasteiger charge is 2.18. The number of carbonyl (C=O) groups is 2. The summed E-state index contributed by atoms with van der Waals surface area (Å²) < 4.78 is 13.3. The van der Waals surface area contributed by atoms with E-state index in [4.69, 9.17) is 14.3 Å². The van der Waals surface area contributed by atoms with Gasteiger partial charge in [0.2, 0.25) is 5.43 Å². The molecular weight excluding hydrogens is 476 g/mol. The van der Waals surface area contributed by atoms with Crippen LogP contribution in [-0.4, -0.2) is 44.9 Å². The zero-order valence-corrected chi connectivity index (χ0v) is 20.5. The maximum absolute atomic E-state index is 13.4. The summed E-state index contributed by atoms with van der Waals surface area (Å²) in [4.78, 5) is 36.1. The van der Waals surface area contributed by atoms with Gasteiger partial charge in [-0.3, -0.25) is 19.0 Å². The van der Waals surface area contributed by atoms with E-state index in [-0.39, 0.29) is 29.9 Å². The van der Waals surface area contributed by atoms with E-state index >= 15 is 0 Å². The van der Waals surface area contributed by atoms with E-state index in [9.17, 15) is 14.4 Å². The first-order valence-electron chi connectivity index (χ1n) is 12.1. The smallest absolute Gasteiger partial charge is 0.303 e. The molecule has 0 aliphatic carbocycles. The summed E-state index contributed by atoms with van der Waals surface area (Å²) in [6.45, 7) is 2.20. The van der Waals surface area contributed by atoms with Crippen LogP contribution in [0.1, 0.15) is 38.2 Å². The number of aryl methyl sites for hydroxylation is 1. The molecule has 0 aliphatic rings. The molecule has 0 aliphatic heterocycles. The third-order valence-electron chi connectivity index (χ3n) is 5.91. The number of carboxylic acids is 1. The van der Waals surface area contributed by atoms with Crippen molar-refractivity contribution in [2.75, 3.05) is 13.2 Å². The average Bonchev–Trinajstić information content (AvgIpc) is 3.39. The molecular formula is C27H28N4O6.